The Morgan fingerprint density at radius 2 is 1.82 bits per heavy atom. The Morgan fingerprint density at radius 1 is 1.08 bits per heavy atom. The van der Waals surface area contributed by atoms with Crippen molar-refractivity contribution >= 4 is 40.7 Å². The van der Waals surface area contributed by atoms with Gasteiger partial charge in [0.25, 0.3) is 0 Å². The van der Waals surface area contributed by atoms with Crippen LogP contribution in [0, 0.1) is 5.53 Å². The van der Waals surface area contributed by atoms with E-state index in [0.717, 1.165) is 22.7 Å². The number of H-pyrrole nitrogens is 1. The van der Waals surface area contributed by atoms with E-state index in [4.69, 9.17) is 19.7 Å². The highest BCUT2D eigenvalue weighted by molar-refractivity contribution is 6.25. The smallest absolute Gasteiger partial charge is 0.372 e. The lowest BCUT2D eigenvalue weighted by molar-refractivity contribution is -0.150. The van der Waals surface area contributed by atoms with Crippen molar-refractivity contribution in [2.45, 2.75) is 31.3 Å². The summed E-state index contributed by atoms with van der Waals surface area (Å²) in [5.74, 6) is -2.20. The molecule has 0 spiro atoms. The van der Waals surface area contributed by atoms with Crippen LogP contribution in [-0.4, -0.2) is 111 Å². The Hall–Kier alpha value is -3.90. The highest BCUT2D eigenvalue weighted by Crippen LogP contribution is 2.19. The van der Waals surface area contributed by atoms with Crippen molar-refractivity contribution in [1.29, 1.82) is 5.53 Å². The first-order chi connectivity index (χ1) is 18.7. The lowest BCUT2D eigenvalue weighted by Crippen LogP contribution is -2.54. The van der Waals surface area contributed by atoms with Crippen LogP contribution in [0.3, 0.4) is 0 Å². The van der Waals surface area contributed by atoms with Crippen molar-refractivity contribution in [2.24, 2.45) is 0 Å². The van der Waals surface area contributed by atoms with Gasteiger partial charge in [-0.25, -0.2) is 4.79 Å². The van der Waals surface area contributed by atoms with E-state index in [1.165, 1.54) is 7.11 Å². The first-order valence-electron chi connectivity index (χ1n) is 12.5. The van der Waals surface area contributed by atoms with E-state index < -0.39 is 29.7 Å². The van der Waals surface area contributed by atoms with Crippen LogP contribution in [0.1, 0.15) is 18.4 Å². The van der Waals surface area contributed by atoms with E-state index in [-0.39, 0.29) is 44.9 Å². The molecule has 0 aliphatic carbocycles. The van der Waals surface area contributed by atoms with E-state index in [1.54, 1.807) is 25.2 Å². The Balaban J connectivity index is 2.17. The zero-order valence-corrected chi connectivity index (χ0v) is 22.5. The molecule has 1 aromatic heterocycles. The van der Waals surface area contributed by atoms with Crippen molar-refractivity contribution in [3.05, 3.63) is 36.0 Å². The first-order valence-corrected chi connectivity index (χ1v) is 12.5. The normalized spacial score (nSPS) is 12.4. The van der Waals surface area contributed by atoms with E-state index in [9.17, 15) is 19.2 Å². The van der Waals surface area contributed by atoms with Gasteiger partial charge < -0.3 is 34.7 Å². The summed E-state index contributed by atoms with van der Waals surface area (Å²) < 4.78 is 15.4. The maximum atomic E-state index is 13.4. The number of hydrogen-bond acceptors (Lipinski definition) is 9. The third-order valence-electron chi connectivity index (χ3n) is 5.60. The van der Waals surface area contributed by atoms with Crippen LogP contribution >= 0.6 is 0 Å². The number of hydrogen-bond donors (Lipinski definition) is 4. The molecule has 212 valence electrons. The largest absolute Gasteiger partial charge is 0.462 e. The number of carbonyl (C=O) groups excluding carboxylic acids is 4. The first kappa shape index (κ1) is 31.3. The van der Waals surface area contributed by atoms with E-state index in [2.05, 4.69) is 20.4 Å². The summed E-state index contributed by atoms with van der Waals surface area (Å²) in [5.41, 5.74) is 8.51. The Morgan fingerprint density at radius 3 is 2.54 bits per heavy atom. The number of likely N-dealkylation sites (N-methyl/N-ethyl adjacent to an activating group) is 1. The van der Waals surface area contributed by atoms with Gasteiger partial charge in [0, 0.05) is 37.1 Å². The number of carbonyl (C=O) groups is 4. The average Bonchev–Trinajstić information content (AvgIpc) is 3.30. The van der Waals surface area contributed by atoms with Crippen LogP contribution in [0.25, 0.3) is 10.9 Å². The number of para-hydroxylation sites is 1. The second kappa shape index (κ2) is 16.8. The minimum absolute atomic E-state index is 0.0601. The molecule has 0 radical (unpaired) electrons. The molecule has 0 fully saturated rings. The lowest BCUT2D eigenvalue weighted by atomic mass is 10.0. The summed E-state index contributed by atoms with van der Waals surface area (Å²) in [4.78, 5) is 58.5. The molecule has 0 aliphatic rings. The number of nitrogens with one attached hydrogen (secondary N) is 4. The Labute approximate surface area is 226 Å². The maximum Gasteiger partial charge on any atom is 0.372 e. The monoisotopic (exact) mass is 545 g/mol. The van der Waals surface area contributed by atoms with Crippen molar-refractivity contribution in [3.63, 3.8) is 0 Å². The maximum absolute atomic E-state index is 13.4. The minimum atomic E-state index is -1.17. The van der Waals surface area contributed by atoms with E-state index >= 15 is 0 Å². The summed E-state index contributed by atoms with van der Waals surface area (Å²) in [7, 11) is 5.01. The van der Waals surface area contributed by atoms with Crippen LogP contribution in [0.4, 0.5) is 0 Å². The molecule has 2 atom stereocenters. The average molecular weight is 546 g/mol. The fraction of sp³-hybridized carbons (Fsp3) is 0.500. The number of methoxy groups -OCH3 is 1. The standard InChI is InChI=1S/C26H36N6O7/c1-32(2)17-24(34)30-23(14-18-15-28-21-7-5-4-6-20(18)21)25(35)31-22(9-8-19(33)16-29-27)26(36)39-13-12-38-11-10-37-3/h4-7,15-16,22-23,27-28H,8-14,17H2,1-3H3,(H-,30,31,34,35)/p+1/t22-,23-/m0/s1. The number of ether oxygens (including phenoxy) is 3. The fourth-order valence-corrected chi connectivity index (χ4v) is 3.75. The van der Waals surface area contributed by atoms with Crippen molar-refractivity contribution in [3.8, 4) is 0 Å². The molecule has 2 amide bonds. The zero-order valence-electron chi connectivity index (χ0n) is 22.5. The molecule has 2 aromatic rings. The Kier molecular flexibility index (Phi) is 13.5. The summed E-state index contributed by atoms with van der Waals surface area (Å²) in [6, 6.07) is 5.40. The molecule has 0 saturated carbocycles. The topological polar surface area (TPSA) is 177 Å². The van der Waals surface area contributed by atoms with E-state index in [1.807, 2.05) is 24.3 Å². The van der Waals surface area contributed by atoms with Gasteiger partial charge in [0.15, 0.2) is 0 Å². The van der Waals surface area contributed by atoms with Gasteiger partial charge in [0.2, 0.25) is 17.6 Å². The predicted molar refractivity (Wildman–Crippen MR) is 141 cm³/mol. The molecule has 1 aromatic carbocycles. The van der Waals surface area contributed by atoms with Gasteiger partial charge in [-0.15, -0.1) is 0 Å². The van der Waals surface area contributed by atoms with E-state index in [0.29, 0.717) is 13.2 Å². The number of amides is 2. The van der Waals surface area contributed by atoms with Crippen molar-refractivity contribution < 1.29 is 38.2 Å². The quantitative estimate of drug-likeness (QED) is 0.0670. The number of benzene rings is 1. The number of aromatic amines is 1. The molecule has 0 unspecified atom stereocenters. The second-order valence-electron chi connectivity index (χ2n) is 9.02. The van der Waals surface area contributed by atoms with Crippen molar-refractivity contribution in [2.75, 3.05) is 54.2 Å². The molecule has 2 rings (SSSR count). The minimum Gasteiger partial charge on any atom is -0.462 e. The molecule has 13 heteroatoms. The second-order valence-corrected chi connectivity index (χ2v) is 9.02. The number of ketones is 1. The molecule has 4 N–H and O–H groups in total. The number of rotatable bonds is 18. The van der Waals surface area contributed by atoms with Gasteiger partial charge in [-0.05, 0) is 32.1 Å². The van der Waals surface area contributed by atoms with Crippen LogP contribution < -0.4 is 10.6 Å². The third kappa shape index (κ3) is 11.2. The van der Waals surface area contributed by atoms with Gasteiger partial charge in [-0.3, -0.25) is 14.4 Å². The predicted octanol–water partition coefficient (Wildman–Crippen LogP) is 0.107. The fourth-order valence-electron chi connectivity index (χ4n) is 3.75. The number of aromatic nitrogens is 1. The van der Waals surface area contributed by atoms with Crippen LogP contribution in [-0.2, 0) is 39.8 Å². The molecule has 13 nitrogen and oxygen atoms in total. The highest BCUT2D eigenvalue weighted by Gasteiger charge is 2.29. The van der Waals surface area contributed by atoms with Crippen LogP contribution in [0.2, 0.25) is 0 Å². The molecular weight excluding hydrogens is 508 g/mol. The SMILES string of the molecule is COCCOCCOC(=O)[C@H](CCC(=O)C=[N+]=N)NC(=O)[C@H](Cc1c[nH]c2ccccc12)NC(=O)CN(C)C. The zero-order chi connectivity index (χ0) is 28.6. The Bertz CT molecular complexity index is 1160. The third-order valence-corrected chi connectivity index (χ3v) is 5.60. The molecule has 0 bridgehead atoms. The summed E-state index contributed by atoms with van der Waals surface area (Å²) >= 11 is 0. The molecule has 1 heterocycles. The van der Waals surface area contributed by atoms with Crippen molar-refractivity contribution in [1.82, 2.24) is 20.5 Å². The van der Waals surface area contributed by atoms with Gasteiger partial charge >= 0.3 is 12.2 Å². The number of Topliss-reactive ketones (excluding diaryl/α,β-unsaturated/α-hetero) is 1. The van der Waals surface area contributed by atoms with Gasteiger partial charge in [-0.2, -0.15) is 0 Å². The number of esters is 1. The van der Waals surface area contributed by atoms with Gasteiger partial charge in [0.1, 0.15) is 18.7 Å². The molecule has 0 aliphatic heterocycles. The summed E-state index contributed by atoms with van der Waals surface area (Å²) in [6.07, 6.45) is 2.54. The van der Waals surface area contributed by atoms with Gasteiger partial charge in [0.05, 0.1) is 36.7 Å². The number of fused-ring (bicyclic) bond motifs is 1. The number of nitrogens with zero attached hydrogens (tertiary/aromatic N) is 2. The summed E-state index contributed by atoms with van der Waals surface area (Å²) in [6.45, 7) is 0.855. The molecule has 0 saturated heterocycles. The molecule has 39 heavy (non-hydrogen) atoms. The van der Waals surface area contributed by atoms with Crippen LogP contribution in [0.15, 0.2) is 30.5 Å². The summed E-state index contributed by atoms with van der Waals surface area (Å²) in [5, 5.41) is 6.29. The van der Waals surface area contributed by atoms with Crippen LogP contribution in [0.5, 0.6) is 0 Å². The lowest BCUT2D eigenvalue weighted by Gasteiger charge is -2.23. The molecular formula is C26H37N6O7+. The highest BCUT2D eigenvalue weighted by atomic mass is 16.6. The van der Waals surface area contributed by atoms with Gasteiger partial charge in [-0.1, -0.05) is 18.2 Å².